The van der Waals surface area contributed by atoms with Crippen molar-refractivity contribution in [3.05, 3.63) is 12.7 Å². The molecule has 0 aromatic carbocycles. The highest BCUT2D eigenvalue weighted by molar-refractivity contribution is 4.86. The van der Waals surface area contributed by atoms with Gasteiger partial charge in [0, 0.05) is 12.5 Å². The summed E-state index contributed by atoms with van der Waals surface area (Å²) in [6.45, 7) is 5.60. The summed E-state index contributed by atoms with van der Waals surface area (Å²) in [5.41, 5.74) is 0. The minimum Gasteiger partial charge on any atom is -0.394 e. The molecular formula is C13H24O5. The Morgan fingerprint density at radius 2 is 2.00 bits per heavy atom. The third-order valence-corrected chi connectivity index (χ3v) is 3.27. The van der Waals surface area contributed by atoms with E-state index in [2.05, 4.69) is 6.58 Å². The van der Waals surface area contributed by atoms with Crippen LogP contribution in [-0.4, -0.2) is 53.1 Å². The quantitative estimate of drug-likeness (QED) is 0.457. The first-order valence-electron chi connectivity index (χ1n) is 6.46. The molecule has 0 spiro atoms. The molecule has 0 bridgehead atoms. The number of unbranched alkanes of at least 4 members (excludes halogenated alkanes) is 2. The van der Waals surface area contributed by atoms with Crippen LogP contribution >= 0.6 is 0 Å². The van der Waals surface area contributed by atoms with Gasteiger partial charge in [0.2, 0.25) is 0 Å². The lowest BCUT2D eigenvalue weighted by Gasteiger charge is -2.40. The second-order valence-electron chi connectivity index (χ2n) is 4.72. The van der Waals surface area contributed by atoms with Crippen LogP contribution in [-0.2, 0) is 9.47 Å². The van der Waals surface area contributed by atoms with E-state index in [1.54, 1.807) is 6.92 Å². The van der Waals surface area contributed by atoms with Crippen LogP contribution in [0.2, 0.25) is 0 Å². The van der Waals surface area contributed by atoms with Crippen molar-refractivity contribution in [3.63, 3.8) is 0 Å². The molecule has 3 N–H and O–H groups in total. The molecular weight excluding hydrogens is 236 g/mol. The van der Waals surface area contributed by atoms with Crippen molar-refractivity contribution < 1.29 is 24.8 Å². The molecule has 18 heavy (non-hydrogen) atoms. The first-order chi connectivity index (χ1) is 8.61. The third-order valence-electron chi connectivity index (χ3n) is 3.27. The number of hydrogen-bond acceptors (Lipinski definition) is 5. The van der Waals surface area contributed by atoms with E-state index in [1.807, 2.05) is 6.08 Å². The average molecular weight is 260 g/mol. The minimum absolute atomic E-state index is 0.317. The molecule has 1 saturated heterocycles. The molecule has 0 radical (unpaired) electrons. The third kappa shape index (κ3) is 4.03. The standard InChI is InChI=1S/C13H24O5/c1-3-4-5-6-7-17-13-9(2)11(15)12(16)10(8-14)18-13/h3,9-16H,1,4-8H2,2H3/t9?,10?,11-,12+,13+/m1/s1. The van der Waals surface area contributed by atoms with Gasteiger partial charge >= 0.3 is 0 Å². The lowest BCUT2D eigenvalue weighted by atomic mass is 9.92. The summed E-state index contributed by atoms with van der Waals surface area (Å²) in [7, 11) is 0. The fraction of sp³-hybridized carbons (Fsp3) is 0.846. The topological polar surface area (TPSA) is 79.2 Å². The second kappa shape index (κ2) is 7.86. The van der Waals surface area contributed by atoms with Crippen LogP contribution in [0.5, 0.6) is 0 Å². The Bertz CT molecular complexity index is 244. The van der Waals surface area contributed by atoms with Gasteiger partial charge in [-0.25, -0.2) is 0 Å². The van der Waals surface area contributed by atoms with Crippen LogP contribution in [0, 0.1) is 5.92 Å². The molecule has 106 valence electrons. The van der Waals surface area contributed by atoms with Gasteiger partial charge in [0.25, 0.3) is 0 Å². The van der Waals surface area contributed by atoms with E-state index in [1.165, 1.54) is 0 Å². The zero-order chi connectivity index (χ0) is 13.5. The fourth-order valence-electron chi connectivity index (χ4n) is 2.00. The monoisotopic (exact) mass is 260 g/mol. The molecule has 0 aliphatic carbocycles. The van der Waals surface area contributed by atoms with Crippen molar-refractivity contribution in [2.24, 2.45) is 5.92 Å². The first-order valence-corrected chi connectivity index (χ1v) is 6.46. The highest BCUT2D eigenvalue weighted by Gasteiger charge is 2.42. The van der Waals surface area contributed by atoms with E-state index in [4.69, 9.17) is 14.6 Å². The minimum atomic E-state index is -1.06. The Balaban J connectivity index is 2.37. The van der Waals surface area contributed by atoms with Crippen LogP contribution in [0.25, 0.3) is 0 Å². The van der Waals surface area contributed by atoms with Gasteiger partial charge < -0.3 is 24.8 Å². The van der Waals surface area contributed by atoms with Crippen LogP contribution in [0.4, 0.5) is 0 Å². The van der Waals surface area contributed by atoms with Crippen LogP contribution < -0.4 is 0 Å². The van der Waals surface area contributed by atoms with Gasteiger partial charge in [0.1, 0.15) is 12.2 Å². The molecule has 5 heteroatoms. The van der Waals surface area contributed by atoms with E-state index >= 15 is 0 Å². The Hall–Kier alpha value is -0.460. The van der Waals surface area contributed by atoms with Gasteiger partial charge in [-0.2, -0.15) is 0 Å². The summed E-state index contributed by atoms with van der Waals surface area (Å²) in [5.74, 6) is -0.317. The van der Waals surface area contributed by atoms with Crippen LogP contribution in [0.3, 0.4) is 0 Å². The normalized spacial score (nSPS) is 36.6. The van der Waals surface area contributed by atoms with Gasteiger partial charge in [0.05, 0.1) is 12.7 Å². The van der Waals surface area contributed by atoms with E-state index in [9.17, 15) is 10.2 Å². The van der Waals surface area contributed by atoms with E-state index in [-0.39, 0.29) is 12.5 Å². The smallest absolute Gasteiger partial charge is 0.163 e. The number of aliphatic hydroxyl groups excluding tert-OH is 3. The molecule has 1 heterocycles. The van der Waals surface area contributed by atoms with Crippen molar-refractivity contribution >= 4 is 0 Å². The van der Waals surface area contributed by atoms with Crippen molar-refractivity contribution in [1.82, 2.24) is 0 Å². The van der Waals surface area contributed by atoms with Crippen molar-refractivity contribution in [1.29, 1.82) is 0 Å². The molecule has 1 aliphatic rings. The SMILES string of the molecule is C=CCCCCO[C@H]1OC(CO)[C@H](O)[C@H](O)C1C. The largest absolute Gasteiger partial charge is 0.394 e. The summed E-state index contributed by atoms with van der Waals surface area (Å²) in [4.78, 5) is 0. The van der Waals surface area contributed by atoms with Crippen LogP contribution in [0.15, 0.2) is 12.7 Å². The summed E-state index contributed by atoms with van der Waals surface area (Å²) in [5, 5.41) is 28.6. The lowest BCUT2D eigenvalue weighted by Crippen LogP contribution is -2.55. The molecule has 0 amide bonds. The molecule has 1 aliphatic heterocycles. The average Bonchev–Trinajstić information content (AvgIpc) is 2.38. The van der Waals surface area contributed by atoms with Gasteiger partial charge in [0.15, 0.2) is 6.29 Å². The highest BCUT2D eigenvalue weighted by Crippen LogP contribution is 2.26. The molecule has 1 rings (SSSR count). The van der Waals surface area contributed by atoms with E-state index in [0.717, 1.165) is 19.3 Å². The number of hydrogen-bond donors (Lipinski definition) is 3. The Labute approximate surface area is 108 Å². The van der Waals surface area contributed by atoms with Crippen LogP contribution in [0.1, 0.15) is 26.2 Å². The van der Waals surface area contributed by atoms with Gasteiger partial charge in [-0.05, 0) is 19.3 Å². The fourth-order valence-corrected chi connectivity index (χ4v) is 2.00. The Kier molecular flexibility index (Phi) is 6.81. The summed E-state index contributed by atoms with van der Waals surface area (Å²) < 4.78 is 11.0. The number of rotatable bonds is 7. The highest BCUT2D eigenvalue weighted by atomic mass is 16.7. The lowest BCUT2D eigenvalue weighted by molar-refractivity contribution is -0.282. The molecule has 5 atom stereocenters. The predicted molar refractivity (Wildman–Crippen MR) is 66.9 cm³/mol. The summed E-state index contributed by atoms with van der Waals surface area (Å²) in [6.07, 6.45) is 1.34. The predicted octanol–water partition coefficient (Wildman–Crippen LogP) is 0.434. The number of aliphatic hydroxyl groups is 3. The number of allylic oxidation sites excluding steroid dienone is 1. The van der Waals surface area contributed by atoms with Gasteiger partial charge in [-0.3, -0.25) is 0 Å². The molecule has 1 fully saturated rings. The van der Waals surface area contributed by atoms with Gasteiger partial charge in [-0.15, -0.1) is 6.58 Å². The van der Waals surface area contributed by atoms with Gasteiger partial charge in [-0.1, -0.05) is 13.0 Å². The maximum absolute atomic E-state index is 9.82. The molecule has 0 aromatic heterocycles. The van der Waals surface area contributed by atoms with E-state index < -0.39 is 24.6 Å². The van der Waals surface area contributed by atoms with Crippen molar-refractivity contribution in [2.75, 3.05) is 13.2 Å². The first kappa shape index (κ1) is 15.6. The summed E-state index contributed by atoms with van der Waals surface area (Å²) >= 11 is 0. The molecule has 0 saturated carbocycles. The molecule has 0 aromatic rings. The maximum atomic E-state index is 9.82. The van der Waals surface area contributed by atoms with Crippen molar-refractivity contribution in [2.45, 2.75) is 50.8 Å². The Morgan fingerprint density at radius 1 is 1.28 bits per heavy atom. The molecule has 5 nitrogen and oxygen atoms in total. The number of ether oxygens (including phenoxy) is 2. The second-order valence-corrected chi connectivity index (χ2v) is 4.72. The Morgan fingerprint density at radius 3 is 2.61 bits per heavy atom. The van der Waals surface area contributed by atoms with E-state index in [0.29, 0.717) is 6.61 Å². The zero-order valence-corrected chi connectivity index (χ0v) is 10.9. The summed E-state index contributed by atoms with van der Waals surface area (Å²) in [6, 6.07) is 0. The molecule has 2 unspecified atom stereocenters. The van der Waals surface area contributed by atoms with Crippen molar-refractivity contribution in [3.8, 4) is 0 Å². The maximum Gasteiger partial charge on any atom is 0.163 e. The zero-order valence-electron chi connectivity index (χ0n) is 10.9.